The maximum atomic E-state index is 10.5. The summed E-state index contributed by atoms with van der Waals surface area (Å²) in [7, 11) is 0. The van der Waals surface area contributed by atoms with E-state index >= 15 is 0 Å². The van der Waals surface area contributed by atoms with Gasteiger partial charge < -0.3 is 5.11 Å². The van der Waals surface area contributed by atoms with E-state index in [-0.39, 0.29) is 5.41 Å². The van der Waals surface area contributed by atoms with Crippen LogP contribution in [0.25, 0.3) is 0 Å². The first kappa shape index (κ1) is 13.1. The Balaban J connectivity index is 2.36. The number of hydrogen-bond acceptors (Lipinski definition) is 1. The number of halogens is 1. The van der Waals surface area contributed by atoms with Gasteiger partial charge in [0.15, 0.2) is 0 Å². The lowest BCUT2D eigenvalue weighted by molar-refractivity contribution is 0.100. The van der Waals surface area contributed by atoms with Crippen LogP contribution in [0.1, 0.15) is 31.1 Å². The highest BCUT2D eigenvalue weighted by Crippen LogP contribution is 2.37. The van der Waals surface area contributed by atoms with E-state index in [1.807, 2.05) is 68.4 Å². The molecule has 0 heterocycles. The molecule has 1 atom stereocenters. The van der Waals surface area contributed by atoms with Gasteiger partial charge in [-0.3, -0.25) is 0 Å². The molecular weight excluding hydrogens is 244 g/mol. The largest absolute Gasteiger partial charge is 0.388 e. The minimum absolute atomic E-state index is 0.383. The Morgan fingerprint density at radius 3 is 2.28 bits per heavy atom. The molecule has 0 saturated carbocycles. The molecule has 1 nitrogen and oxygen atoms in total. The zero-order chi connectivity index (χ0) is 13.2. The second-order valence-corrected chi connectivity index (χ2v) is 5.48. The van der Waals surface area contributed by atoms with E-state index in [1.165, 1.54) is 0 Å². The highest BCUT2D eigenvalue weighted by Gasteiger charge is 2.30. The Kier molecular flexibility index (Phi) is 3.74. The van der Waals surface area contributed by atoms with Crippen LogP contribution in [0.15, 0.2) is 54.6 Å². The van der Waals surface area contributed by atoms with Gasteiger partial charge >= 0.3 is 0 Å². The molecule has 0 aliphatic rings. The fraction of sp³-hybridized carbons (Fsp3) is 0.250. The number of aliphatic hydroxyl groups excluding tert-OH is 1. The van der Waals surface area contributed by atoms with E-state index in [1.54, 1.807) is 0 Å². The number of rotatable bonds is 3. The summed E-state index contributed by atoms with van der Waals surface area (Å²) in [4.78, 5) is 0. The van der Waals surface area contributed by atoms with Crippen LogP contribution in [0.5, 0.6) is 0 Å². The van der Waals surface area contributed by atoms with E-state index in [0.717, 1.165) is 11.1 Å². The van der Waals surface area contributed by atoms with E-state index in [0.29, 0.717) is 5.02 Å². The van der Waals surface area contributed by atoms with Crippen molar-refractivity contribution in [3.05, 3.63) is 70.7 Å². The molecule has 0 saturated heterocycles. The first-order chi connectivity index (χ1) is 8.51. The SMILES string of the molecule is CC(C)(c1cccc(Cl)c1)C(O)c1ccccc1. The summed E-state index contributed by atoms with van der Waals surface area (Å²) < 4.78 is 0. The molecule has 0 aliphatic heterocycles. The van der Waals surface area contributed by atoms with Gasteiger partial charge in [0.25, 0.3) is 0 Å². The number of benzene rings is 2. The van der Waals surface area contributed by atoms with Crippen LogP contribution in [0.3, 0.4) is 0 Å². The summed E-state index contributed by atoms with van der Waals surface area (Å²) in [5.41, 5.74) is 1.57. The summed E-state index contributed by atoms with van der Waals surface area (Å²) >= 11 is 6.02. The van der Waals surface area contributed by atoms with Crippen LogP contribution >= 0.6 is 11.6 Å². The monoisotopic (exact) mass is 260 g/mol. The molecule has 2 aromatic carbocycles. The Bertz CT molecular complexity index is 520. The second-order valence-electron chi connectivity index (χ2n) is 5.05. The molecule has 1 unspecified atom stereocenters. The van der Waals surface area contributed by atoms with Crippen molar-refractivity contribution in [2.45, 2.75) is 25.4 Å². The van der Waals surface area contributed by atoms with Gasteiger partial charge in [-0.2, -0.15) is 0 Å². The fourth-order valence-corrected chi connectivity index (χ4v) is 2.29. The Hall–Kier alpha value is -1.31. The van der Waals surface area contributed by atoms with Gasteiger partial charge in [0, 0.05) is 10.4 Å². The average molecular weight is 261 g/mol. The van der Waals surface area contributed by atoms with Crippen LogP contribution in [-0.2, 0) is 5.41 Å². The van der Waals surface area contributed by atoms with Crippen molar-refractivity contribution in [3.63, 3.8) is 0 Å². The van der Waals surface area contributed by atoms with Crippen LogP contribution in [0.4, 0.5) is 0 Å². The molecule has 18 heavy (non-hydrogen) atoms. The molecule has 0 radical (unpaired) electrons. The summed E-state index contributed by atoms with van der Waals surface area (Å²) in [5, 5.41) is 11.2. The molecule has 2 aromatic rings. The van der Waals surface area contributed by atoms with Crippen molar-refractivity contribution < 1.29 is 5.11 Å². The fourth-order valence-electron chi connectivity index (χ4n) is 2.10. The molecule has 0 aliphatic carbocycles. The maximum Gasteiger partial charge on any atom is 0.0881 e. The highest BCUT2D eigenvalue weighted by atomic mass is 35.5. The molecule has 2 heteroatoms. The van der Waals surface area contributed by atoms with Crippen LogP contribution in [-0.4, -0.2) is 5.11 Å². The Morgan fingerprint density at radius 2 is 1.67 bits per heavy atom. The maximum absolute atomic E-state index is 10.5. The normalized spacial score (nSPS) is 13.3. The predicted molar refractivity (Wildman–Crippen MR) is 75.9 cm³/mol. The molecule has 0 spiro atoms. The minimum Gasteiger partial charge on any atom is -0.388 e. The zero-order valence-electron chi connectivity index (χ0n) is 10.6. The molecule has 1 N–H and O–H groups in total. The standard InChI is InChI=1S/C16H17ClO/c1-16(2,13-9-6-10-14(17)11-13)15(18)12-7-4-3-5-8-12/h3-11,15,18H,1-2H3. The molecule has 2 rings (SSSR count). The third kappa shape index (κ3) is 2.58. The molecule has 0 aromatic heterocycles. The van der Waals surface area contributed by atoms with Gasteiger partial charge in [0.05, 0.1) is 6.10 Å². The predicted octanol–water partition coefficient (Wildman–Crippen LogP) is 4.35. The summed E-state index contributed by atoms with van der Waals surface area (Å²) in [6, 6.07) is 17.4. The first-order valence-corrected chi connectivity index (χ1v) is 6.38. The molecule has 0 fully saturated rings. The lowest BCUT2D eigenvalue weighted by Crippen LogP contribution is -2.26. The molecule has 0 bridgehead atoms. The third-order valence-corrected chi connectivity index (χ3v) is 3.60. The lowest BCUT2D eigenvalue weighted by atomic mass is 9.77. The van der Waals surface area contributed by atoms with E-state index in [4.69, 9.17) is 11.6 Å². The first-order valence-electron chi connectivity index (χ1n) is 6.01. The summed E-state index contributed by atoms with van der Waals surface area (Å²) in [6.07, 6.45) is -0.558. The zero-order valence-corrected chi connectivity index (χ0v) is 11.4. The van der Waals surface area contributed by atoms with E-state index in [2.05, 4.69) is 0 Å². The minimum atomic E-state index is -0.558. The molecule has 0 amide bonds. The van der Waals surface area contributed by atoms with Crippen LogP contribution in [0, 0.1) is 0 Å². The van der Waals surface area contributed by atoms with Gasteiger partial charge in [-0.05, 0) is 23.3 Å². The Labute approximate surface area is 113 Å². The van der Waals surface area contributed by atoms with E-state index < -0.39 is 6.10 Å². The third-order valence-electron chi connectivity index (χ3n) is 3.37. The summed E-state index contributed by atoms with van der Waals surface area (Å²) in [5.74, 6) is 0. The quantitative estimate of drug-likeness (QED) is 0.870. The van der Waals surface area contributed by atoms with Crippen molar-refractivity contribution in [2.75, 3.05) is 0 Å². The van der Waals surface area contributed by atoms with Gasteiger partial charge in [-0.25, -0.2) is 0 Å². The Morgan fingerprint density at radius 1 is 1.00 bits per heavy atom. The number of hydrogen-bond donors (Lipinski definition) is 1. The second kappa shape index (κ2) is 5.13. The van der Waals surface area contributed by atoms with Crippen LogP contribution in [0.2, 0.25) is 5.02 Å². The highest BCUT2D eigenvalue weighted by molar-refractivity contribution is 6.30. The van der Waals surface area contributed by atoms with Gasteiger partial charge in [-0.1, -0.05) is 67.9 Å². The smallest absolute Gasteiger partial charge is 0.0881 e. The summed E-state index contributed by atoms with van der Waals surface area (Å²) in [6.45, 7) is 4.05. The van der Waals surface area contributed by atoms with Gasteiger partial charge in [-0.15, -0.1) is 0 Å². The molecule has 94 valence electrons. The van der Waals surface area contributed by atoms with Crippen molar-refractivity contribution in [3.8, 4) is 0 Å². The van der Waals surface area contributed by atoms with Crippen molar-refractivity contribution in [1.29, 1.82) is 0 Å². The van der Waals surface area contributed by atoms with Crippen molar-refractivity contribution in [2.24, 2.45) is 0 Å². The lowest BCUT2D eigenvalue weighted by Gasteiger charge is -2.31. The van der Waals surface area contributed by atoms with Crippen LogP contribution < -0.4 is 0 Å². The van der Waals surface area contributed by atoms with Gasteiger partial charge in [0.2, 0.25) is 0 Å². The molecular formula is C16H17ClO. The van der Waals surface area contributed by atoms with Crippen molar-refractivity contribution >= 4 is 11.6 Å². The van der Waals surface area contributed by atoms with Crippen molar-refractivity contribution in [1.82, 2.24) is 0 Å². The van der Waals surface area contributed by atoms with E-state index in [9.17, 15) is 5.11 Å². The van der Waals surface area contributed by atoms with Gasteiger partial charge in [0.1, 0.15) is 0 Å². The number of aliphatic hydroxyl groups is 1. The topological polar surface area (TPSA) is 20.2 Å². The average Bonchev–Trinajstić information content (AvgIpc) is 2.39.